The highest BCUT2D eigenvalue weighted by Gasteiger charge is 2.39. The van der Waals surface area contributed by atoms with Crippen LogP contribution in [0.1, 0.15) is 17.0 Å². The van der Waals surface area contributed by atoms with Crippen LogP contribution in [0.3, 0.4) is 0 Å². The van der Waals surface area contributed by atoms with Crippen molar-refractivity contribution in [2.75, 3.05) is 0 Å². The molecule has 0 fully saturated rings. The minimum absolute atomic E-state index is 0.415. The van der Waals surface area contributed by atoms with E-state index in [1.165, 1.54) is 37.2 Å². The molecule has 2 atom stereocenters. The second-order valence-electron chi connectivity index (χ2n) is 5.23. The Morgan fingerprint density at radius 1 is 1.10 bits per heavy atom. The van der Waals surface area contributed by atoms with Crippen LogP contribution in [0.2, 0.25) is 0 Å². The largest absolute Gasteiger partial charge is 0.151 e. The van der Waals surface area contributed by atoms with Gasteiger partial charge in [0.15, 0.2) is 0 Å². The lowest BCUT2D eigenvalue weighted by molar-refractivity contribution is 0.920. The van der Waals surface area contributed by atoms with E-state index in [0.717, 1.165) is 4.78 Å². The topological polar surface area (TPSA) is 0 Å². The number of alkyl halides is 1. The van der Waals surface area contributed by atoms with Crippen LogP contribution >= 0.6 is 39.0 Å². The van der Waals surface area contributed by atoms with Crippen LogP contribution in [0.5, 0.6) is 0 Å². The van der Waals surface area contributed by atoms with Gasteiger partial charge in [0.05, 0.1) is 4.16 Å². The van der Waals surface area contributed by atoms with E-state index in [-0.39, 0.29) is 0 Å². The summed E-state index contributed by atoms with van der Waals surface area (Å²) in [5.74, 6) is 0.441. The van der Waals surface area contributed by atoms with E-state index < -0.39 is 0 Å². The lowest BCUT2D eigenvalue weighted by Gasteiger charge is -2.25. The number of benzene rings is 2. The number of thioether (sulfide) groups is 1. The summed E-state index contributed by atoms with van der Waals surface area (Å²) in [6.45, 7) is 0. The number of hydrogen-bond acceptors (Lipinski definition) is 2. The van der Waals surface area contributed by atoms with Crippen LogP contribution in [0.25, 0.3) is 21.2 Å². The molecular formula is C16H8BBrS2. The van der Waals surface area contributed by atoms with Crippen LogP contribution in [0.4, 0.5) is 0 Å². The SMILES string of the molecule is [B]c1sc2cccc3c2c1-c1cccc2c1C3C(Br)S2. The smallest absolute Gasteiger partial charge is 0.129 e. The summed E-state index contributed by atoms with van der Waals surface area (Å²) in [5.41, 5.74) is 5.49. The molecule has 5 rings (SSSR count). The summed E-state index contributed by atoms with van der Waals surface area (Å²) >= 11 is 7.50. The molecule has 0 nitrogen and oxygen atoms in total. The third-order valence-corrected chi connectivity index (χ3v) is 7.44. The Kier molecular flexibility index (Phi) is 2.34. The van der Waals surface area contributed by atoms with Crippen LogP contribution < -0.4 is 4.78 Å². The first-order chi connectivity index (χ1) is 9.75. The Labute approximate surface area is 135 Å². The van der Waals surface area contributed by atoms with E-state index in [0.29, 0.717) is 10.1 Å². The first-order valence-electron chi connectivity index (χ1n) is 6.50. The Hall–Kier alpha value is -0.705. The maximum Gasteiger partial charge on any atom is 0.129 e. The predicted octanol–water partition coefficient (Wildman–Crippen LogP) is 4.63. The van der Waals surface area contributed by atoms with Gasteiger partial charge < -0.3 is 0 Å². The second kappa shape index (κ2) is 3.93. The summed E-state index contributed by atoms with van der Waals surface area (Å²) in [6, 6.07) is 13.2. The average Bonchev–Trinajstić information content (AvgIpc) is 2.95. The van der Waals surface area contributed by atoms with Crippen LogP contribution in [-0.4, -0.2) is 12.0 Å². The molecule has 94 valence electrons. The highest BCUT2D eigenvalue weighted by molar-refractivity contribution is 9.11. The molecule has 2 radical (unpaired) electrons. The van der Waals surface area contributed by atoms with Gasteiger partial charge in [-0.3, -0.25) is 0 Å². The lowest BCUT2D eigenvalue weighted by Crippen LogP contribution is -2.13. The molecule has 0 saturated heterocycles. The minimum atomic E-state index is 0.415. The lowest BCUT2D eigenvalue weighted by atomic mass is 9.77. The summed E-state index contributed by atoms with van der Waals surface area (Å²) in [5, 5.41) is 1.37. The van der Waals surface area contributed by atoms with Crippen molar-refractivity contribution in [3.05, 3.63) is 47.5 Å². The first kappa shape index (κ1) is 11.9. The number of halogens is 1. The van der Waals surface area contributed by atoms with Gasteiger partial charge in [-0.1, -0.05) is 40.2 Å². The van der Waals surface area contributed by atoms with Crippen molar-refractivity contribution in [3.63, 3.8) is 0 Å². The normalized spacial score (nSPS) is 22.2. The van der Waals surface area contributed by atoms with Crippen LogP contribution in [-0.2, 0) is 0 Å². The van der Waals surface area contributed by atoms with Crippen molar-refractivity contribution in [1.82, 2.24) is 0 Å². The molecule has 2 aliphatic rings. The van der Waals surface area contributed by atoms with Crippen molar-refractivity contribution in [1.29, 1.82) is 0 Å². The van der Waals surface area contributed by atoms with Gasteiger partial charge in [-0.05, 0) is 39.2 Å². The molecule has 20 heavy (non-hydrogen) atoms. The monoisotopic (exact) mass is 354 g/mol. The van der Waals surface area contributed by atoms with Gasteiger partial charge in [0.2, 0.25) is 0 Å². The Bertz CT molecular complexity index is 884. The Morgan fingerprint density at radius 2 is 1.95 bits per heavy atom. The molecule has 0 bridgehead atoms. The molecule has 4 heteroatoms. The molecule has 1 aliphatic carbocycles. The van der Waals surface area contributed by atoms with Gasteiger partial charge >= 0.3 is 0 Å². The Morgan fingerprint density at radius 3 is 2.85 bits per heavy atom. The molecule has 2 unspecified atom stereocenters. The van der Waals surface area contributed by atoms with Gasteiger partial charge in [0.1, 0.15) is 7.85 Å². The van der Waals surface area contributed by atoms with Gasteiger partial charge in [-0.15, -0.1) is 11.8 Å². The molecule has 1 aromatic heterocycles. The average molecular weight is 355 g/mol. The van der Waals surface area contributed by atoms with Gasteiger partial charge in [0, 0.05) is 20.9 Å². The number of fused-ring (bicyclic) bond motifs is 2. The third-order valence-electron chi connectivity index (χ3n) is 4.26. The van der Waals surface area contributed by atoms with E-state index in [1.807, 2.05) is 11.8 Å². The van der Waals surface area contributed by atoms with E-state index in [9.17, 15) is 0 Å². The van der Waals surface area contributed by atoms with Gasteiger partial charge in [-0.2, -0.15) is 11.3 Å². The van der Waals surface area contributed by atoms with Gasteiger partial charge in [-0.25, -0.2) is 0 Å². The summed E-state index contributed by atoms with van der Waals surface area (Å²) in [7, 11) is 6.33. The van der Waals surface area contributed by atoms with Crippen molar-refractivity contribution in [2.24, 2.45) is 0 Å². The summed E-state index contributed by atoms with van der Waals surface area (Å²) in [4.78, 5) is 1.39. The van der Waals surface area contributed by atoms with Crippen molar-refractivity contribution < 1.29 is 0 Å². The van der Waals surface area contributed by atoms with Crippen molar-refractivity contribution >= 4 is 61.7 Å². The highest BCUT2D eigenvalue weighted by atomic mass is 79.9. The molecule has 2 heterocycles. The predicted molar refractivity (Wildman–Crippen MR) is 93.1 cm³/mol. The van der Waals surface area contributed by atoms with E-state index in [1.54, 1.807) is 11.3 Å². The molecule has 0 saturated carbocycles. The Balaban J connectivity index is 2.04. The third kappa shape index (κ3) is 1.31. The zero-order chi connectivity index (χ0) is 13.4. The van der Waals surface area contributed by atoms with Gasteiger partial charge in [0.25, 0.3) is 0 Å². The molecular weight excluding hydrogens is 347 g/mol. The standard InChI is InChI=1S/C16H8BBrS2/c17-15-13-7-3-1-6-10-12(7)14(16(18)20-10)8-4-2-5-9(19-15)11(8)13/h1-6,14,16H. The number of hydrogen-bond donors (Lipinski definition) is 0. The fourth-order valence-corrected chi connectivity index (χ4v) is 6.88. The fourth-order valence-electron chi connectivity index (χ4n) is 3.52. The molecule has 3 aromatic rings. The molecule has 0 spiro atoms. The van der Waals surface area contributed by atoms with Crippen molar-refractivity contribution in [2.45, 2.75) is 15.0 Å². The second-order valence-corrected chi connectivity index (χ2v) is 9.09. The van der Waals surface area contributed by atoms with E-state index in [4.69, 9.17) is 7.85 Å². The summed E-state index contributed by atoms with van der Waals surface area (Å²) in [6.07, 6.45) is 0. The number of rotatable bonds is 0. The number of thiophene rings is 1. The molecule has 1 aliphatic heterocycles. The minimum Gasteiger partial charge on any atom is -0.151 e. The molecule has 0 amide bonds. The van der Waals surface area contributed by atoms with E-state index in [2.05, 4.69) is 52.3 Å². The maximum atomic E-state index is 6.33. The maximum absolute atomic E-state index is 6.33. The zero-order valence-electron chi connectivity index (χ0n) is 10.4. The van der Waals surface area contributed by atoms with E-state index >= 15 is 0 Å². The fraction of sp³-hybridized carbons (Fsp3) is 0.125. The quantitative estimate of drug-likeness (QED) is 0.419. The first-order valence-corrected chi connectivity index (χ1v) is 9.12. The molecule has 0 N–H and O–H groups in total. The summed E-state index contributed by atoms with van der Waals surface area (Å²) < 4.78 is 2.67. The zero-order valence-corrected chi connectivity index (χ0v) is 13.6. The van der Waals surface area contributed by atoms with Crippen molar-refractivity contribution in [3.8, 4) is 11.1 Å². The van der Waals surface area contributed by atoms with Crippen LogP contribution in [0, 0.1) is 0 Å². The molecule has 2 aromatic carbocycles. The van der Waals surface area contributed by atoms with Crippen LogP contribution in [0.15, 0.2) is 41.3 Å². The highest BCUT2D eigenvalue weighted by Crippen LogP contribution is 2.58.